The molecule has 0 aromatic heterocycles. The van der Waals surface area contributed by atoms with Crippen LogP contribution in [0.3, 0.4) is 0 Å². The number of aliphatic hydroxyl groups is 1. The lowest BCUT2D eigenvalue weighted by atomic mass is 9.64. The van der Waals surface area contributed by atoms with Crippen molar-refractivity contribution in [3.63, 3.8) is 0 Å². The van der Waals surface area contributed by atoms with Crippen molar-refractivity contribution in [2.24, 2.45) is 11.3 Å². The monoisotopic (exact) mass is 296 g/mol. The van der Waals surface area contributed by atoms with Crippen LogP contribution in [-0.4, -0.2) is 47.1 Å². The zero-order valence-electron chi connectivity index (χ0n) is 13.4. The van der Waals surface area contributed by atoms with Crippen molar-refractivity contribution in [2.45, 2.75) is 58.4 Å². The van der Waals surface area contributed by atoms with Gasteiger partial charge in [-0.2, -0.15) is 0 Å². The average Bonchev–Trinajstić information content (AvgIpc) is 2.68. The highest BCUT2D eigenvalue weighted by Crippen LogP contribution is 2.43. The fraction of sp³-hybridized carbons (Fsp3) is 0.875. The lowest BCUT2D eigenvalue weighted by molar-refractivity contribution is -0.138. The zero-order chi connectivity index (χ0) is 15.7. The van der Waals surface area contributed by atoms with Crippen LogP contribution < -0.4 is 5.32 Å². The second-order valence-corrected chi connectivity index (χ2v) is 7.66. The van der Waals surface area contributed by atoms with Gasteiger partial charge in [-0.3, -0.25) is 14.5 Å². The van der Waals surface area contributed by atoms with E-state index in [-0.39, 0.29) is 29.4 Å². The summed E-state index contributed by atoms with van der Waals surface area (Å²) >= 11 is 0. The highest BCUT2D eigenvalue weighted by atomic mass is 16.3. The minimum absolute atomic E-state index is 0.0720. The number of imide groups is 1. The van der Waals surface area contributed by atoms with Crippen LogP contribution in [0.15, 0.2) is 0 Å². The largest absolute Gasteiger partial charge is 0.394 e. The normalized spacial score (nSPS) is 32.8. The van der Waals surface area contributed by atoms with Gasteiger partial charge in [-0.1, -0.05) is 20.8 Å². The third kappa shape index (κ3) is 3.83. The zero-order valence-corrected chi connectivity index (χ0v) is 13.4. The third-order valence-electron chi connectivity index (χ3n) is 4.75. The molecule has 1 saturated carbocycles. The third-order valence-corrected chi connectivity index (χ3v) is 4.75. The molecule has 2 aliphatic rings. The van der Waals surface area contributed by atoms with Crippen LogP contribution in [-0.2, 0) is 9.59 Å². The Morgan fingerprint density at radius 1 is 1.24 bits per heavy atom. The maximum Gasteiger partial charge on any atom is 0.229 e. The van der Waals surface area contributed by atoms with E-state index < -0.39 is 0 Å². The van der Waals surface area contributed by atoms with Gasteiger partial charge in [0, 0.05) is 31.5 Å². The van der Waals surface area contributed by atoms with E-state index in [1.165, 1.54) is 11.3 Å². The number of rotatable bonds is 5. The van der Waals surface area contributed by atoms with E-state index in [1.807, 2.05) is 0 Å². The van der Waals surface area contributed by atoms with Crippen molar-refractivity contribution in [1.82, 2.24) is 10.2 Å². The molecule has 0 aromatic carbocycles. The summed E-state index contributed by atoms with van der Waals surface area (Å²) in [5.74, 6) is 0.415. The van der Waals surface area contributed by atoms with E-state index in [4.69, 9.17) is 0 Å². The molecule has 1 heterocycles. The Labute approximate surface area is 127 Å². The molecule has 2 N–H and O–H groups in total. The van der Waals surface area contributed by atoms with Crippen LogP contribution >= 0.6 is 0 Å². The predicted octanol–water partition coefficient (Wildman–Crippen LogP) is 1.30. The van der Waals surface area contributed by atoms with Gasteiger partial charge in [-0.05, 0) is 30.6 Å². The number of carbonyl (C=O) groups excluding carboxylic acids is 2. The maximum atomic E-state index is 11.6. The summed E-state index contributed by atoms with van der Waals surface area (Å²) in [6.07, 6.45) is 3.71. The van der Waals surface area contributed by atoms with Crippen LogP contribution in [0.2, 0.25) is 0 Å². The van der Waals surface area contributed by atoms with Crippen molar-refractivity contribution in [3.8, 4) is 0 Å². The van der Waals surface area contributed by atoms with Gasteiger partial charge < -0.3 is 10.4 Å². The van der Waals surface area contributed by atoms with Gasteiger partial charge in [-0.25, -0.2) is 0 Å². The Kier molecular flexibility index (Phi) is 4.73. The van der Waals surface area contributed by atoms with Crippen molar-refractivity contribution in [1.29, 1.82) is 0 Å². The Hall–Kier alpha value is -0.940. The lowest BCUT2D eigenvalue weighted by Crippen LogP contribution is -2.56. The standard InChI is InChI=1S/C16H28N2O3/c1-12-8-15(2,3)10-16(9-12,11-19)17-6-7-18-13(20)4-5-14(18)21/h12,17,19H,4-11H2,1-3H3. The SMILES string of the molecule is CC1CC(C)(C)CC(CO)(NCCN2C(=O)CCC2=O)C1. The molecule has 1 aliphatic carbocycles. The highest BCUT2D eigenvalue weighted by Gasteiger charge is 2.42. The maximum absolute atomic E-state index is 11.6. The smallest absolute Gasteiger partial charge is 0.229 e. The van der Waals surface area contributed by atoms with Gasteiger partial charge in [0.2, 0.25) is 11.8 Å². The first-order chi connectivity index (χ1) is 9.77. The van der Waals surface area contributed by atoms with Crippen molar-refractivity contribution in [2.75, 3.05) is 19.7 Å². The lowest BCUT2D eigenvalue weighted by Gasteiger charge is -2.47. The fourth-order valence-corrected chi connectivity index (χ4v) is 4.36. The Morgan fingerprint density at radius 3 is 2.38 bits per heavy atom. The molecule has 0 bridgehead atoms. The molecule has 2 amide bonds. The number of carbonyl (C=O) groups is 2. The second kappa shape index (κ2) is 6.05. The van der Waals surface area contributed by atoms with Gasteiger partial charge in [0.05, 0.1) is 6.61 Å². The number of amides is 2. The molecule has 5 nitrogen and oxygen atoms in total. The second-order valence-electron chi connectivity index (χ2n) is 7.66. The van der Waals surface area contributed by atoms with Gasteiger partial charge in [0.25, 0.3) is 0 Å². The summed E-state index contributed by atoms with van der Waals surface area (Å²) in [6, 6.07) is 0. The molecule has 21 heavy (non-hydrogen) atoms. The molecule has 0 spiro atoms. The average molecular weight is 296 g/mol. The molecule has 2 fully saturated rings. The molecule has 1 saturated heterocycles. The number of likely N-dealkylation sites (tertiary alicyclic amines) is 1. The van der Waals surface area contributed by atoms with Crippen LogP contribution in [0, 0.1) is 11.3 Å². The molecule has 2 rings (SSSR count). The highest BCUT2D eigenvalue weighted by molar-refractivity contribution is 6.01. The molecule has 120 valence electrons. The molecule has 2 unspecified atom stereocenters. The Balaban J connectivity index is 1.93. The van der Waals surface area contributed by atoms with Crippen molar-refractivity contribution in [3.05, 3.63) is 0 Å². The Bertz CT molecular complexity index is 406. The number of nitrogens with zero attached hydrogens (tertiary/aromatic N) is 1. The minimum atomic E-state index is -0.285. The van der Waals surface area contributed by atoms with Gasteiger partial charge in [0.1, 0.15) is 0 Å². The summed E-state index contributed by atoms with van der Waals surface area (Å²) in [7, 11) is 0. The van der Waals surface area contributed by atoms with Gasteiger partial charge in [-0.15, -0.1) is 0 Å². The first kappa shape index (κ1) is 16.4. The van der Waals surface area contributed by atoms with Crippen LogP contribution in [0.1, 0.15) is 52.9 Å². The summed E-state index contributed by atoms with van der Waals surface area (Å²) in [5.41, 5.74) is -0.0837. The summed E-state index contributed by atoms with van der Waals surface area (Å²) in [6.45, 7) is 7.77. The van der Waals surface area contributed by atoms with E-state index in [1.54, 1.807) is 0 Å². The quantitative estimate of drug-likeness (QED) is 0.750. The molecule has 1 aliphatic heterocycles. The van der Waals surface area contributed by atoms with Crippen molar-refractivity contribution >= 4 is 11.8 Å². The van der Waals surface area contributed by atoms with Crippen LogP contribution in [0.5, 0.6) is 0 Å². The van der Waals surface area contributed by atoms with E-state index in [0.29, 0.717) is 31.8 Å². The predicted molar refractivity (Wildman–Crippen MR) is 80.6 cm³/mol. The van der Waals surface area contributed by atoms with Gasteiger partial charge >= 0.3 is 0 Å². The fourth-order valence-electron chi connectivity index (χ4n) is 4.36. The Morgan fingerprint density at radius 2 is 1.86 bits per heavy atom. The van der Waals surface area contributed by atoms with E-state index in [2.05, 4.69) is 26.1 Å². The topological polar surface area (TPSA) is 69.6 Å². The van der Waals surface area contributed by atoms with E-state index in [9.17, 15) is 14.7 Å². The molecular formula is C16H28N2O3. The van der Waals surface area contributed by atoms with E-state index >= 15 is 0 Å². The van der Waals surface area contributed by atoms with E-state index in [0.717, 1.165) is 12.8 Å². The summed E-state index contributed by atoms with van der Waals surface area (Å²) < 4.78 is 0. The van der Waals surface area contributed by atoms with Crippen molar-refractivity contribution < 1.29 is 14.7 Å². The first-order valence-corrected chi connectivity index (χ1v) is 7.96. The molecule has 2 atom stereocenters. The minimum Gasteiger partial charge on any atom is -0.394 e. The molecule has 5 heteroatoms. The number of hydrogen-bond acceptors (Lipinski definition) is 4. The summed E-state index contributed by atoms with van der Waals surface area (Å²) in [4.78, 5) is 24.5. The van der Waals surface area contributed by atoms with Gasteiger partial charge in [0.15, 0.2) is 0 Å². The first-order valence-electron chi connectivity index (χ1n) is 7.96. The summed E-state index contributed by atoms with van der Waals surface area (Å²) in [5, 5.41) is 13.3. The molecule has 0 aromatic rings. The van der Waals surface area contributed by atoms with Crippen LogP contribution in [0.25, 0.3) is 0 Å². The number of aliphatic hydroxyl groups excluding tert-OH is 1. The number of nitrogens with one attached hydrogen (secondary N) is 1. The van der Waals surface area contributed by atoms with Crippen LogP contribution in [0.4, 0.5) is 0 Å². The molecular weight excluding hydrogens is 268 g/mol. The molecule has 0 radical (unpaired) electrons. The number of hydrogen-bond donors (Lipinski definition) is 2.